The van der Waals surface area contributed by atoms with Gasteiger partial charge in [-0.25, -0.2) is 9.37 Å². The Labute approximate surface area is 300 Å². The van der Waals surface area contributed by atoms with Crippen molar-refractivity contribution < 1.29 is 14.3 Å². The monoisotopic (exact) mass is 712 g/mol. The van der Waals surface area contributed by atoms with Crippen molar-refractivity contribution in [3.8, 4) is 22.9 Å². The van der Waals surface area contributed by atoms with Gasteiger partial charge in [-0.2, -0.15) is 5.26 Å². The number of aryl methyl sites for hydroxylation is 2. The second-order valence-corrected chi connectivity index (χ2v) is 14.5. The molecule has 1 atom stereocenters. The number of rotatable bonds is 5. The fraction of sp³-hybridized carbons (Fsp3) is 0.385. The van der Waals surface area contributed by atoms with Gasteiger partial charge in [-0.3, -0.25) is 9.78 Å². The molecule has 3 aromatic heterocycles. The second-order valence-electron chi connectivity index (χ2n) is 13.7. The summed E-state index contributed by atoms with van der Waals surface area (Å²) in [6.07, 6.45) is 10.4. The minimum atomic E-state index is -0.484. The Morgan fingerprint density at radius 2 is 1.96 bits per heavy atom. The van der Waals surface area contributed by atoms with Crippen molar-refractivity contribution in [3.63, 3.8) is 0 Å². The first kappa shape index (κ1) is 34.2. The highest BCUT2D eigenvalue weighted by Crippen LogP contribution is 2.43. The van der Waals surface area contributed by atoms with E-state index in [9.17, 15) is 10.1 Å². The average molecular weight is 714 g/mol. The lowest BCUT2D eigenvalue weighted by atomic mass is 9.87. The van der Waals surface area contributed by atoms with Crippen molar-refractivity contribution in [2.24, 2.45) is 11.8 Å². The number of H-pyrrole nitrogens is 1. The number of nitriles is 1. The first-order valence-electron chi connectivity index (χ1n) is 17.3. The molecule has 0 spiro atoms. The first-order chi connectivity index (χ1) is 24.2. The van der Waals surface area contributed by atoms with Crippen molar-refractivity contribution in [3.05, 3.63) is 87.7 Å². The molecule has 258 valence electrons. The van der Waals surface area contributed by atoms with E-state index in [0.717, 1.165) is 60.8 Å². The van der Waals surface area contributed by atoms with E-state index in [1.54, 1.807) is 36.5 Å². The standard InChI is InChI=1S/C29H25Cl2FN4O.C5H5NO.C5H9N/c1-15-19-14-22(23-8-4-12-36(23)29(37)16-9-10-16)35-27(19)20-13-17(5-3-11-33)24(26(32)28(20)34-15)18-6-2-7-21(30)25(18)31;7-5-2-1-3-6-4-5;1-4-2-5(1)6-3-4/h2,6-7,13-14,16,23,35H,3-5,8-10,12H2,1H3;1-4,7H;4-6H,1-3H2. The van der Waals surface area contributed by atoms with Gasteiger partial charge in [0.05, 0.1) is 33.9 Å². The molecule has 3 aliphatic heterocycles. The topological polar surface area (TPSA) is 118 Å². The fourth-order valence-corrected chi connectivity index (χ4v) is 7.82. The third-order valence-corrected chi connectivity index (χ3v) is 11.0. The van der Waals surface area contributed by atoms with Crippen LogP contribution in [0.2, 0.25) is 10.0 Å². The molecule has 3 saturated heterocycles. The van der Waals surface area contributed by atoms with Gasteiger partial charge in [0.1, 0.15) is 11.3 Å². The maximum Gasteiger partial charge on any atom is 0.226 e. The number of hydrogen-bond acceptors (Lipinski definition) is 6. The molecule has 5 aromatic rings. The summed E-state index contributed by atoms with van der Waals surface area (Å²) in [6, 6.07) is 15.5. The number of carbonyl (C=O) groups excluding carboxylic acids is 1. The van der Waals surface area contributed by atoms with E-state index in [4.69, 9.17) is 28.3 Å². The number of halogens is 3. The minimum Gasteiger partial charge on any atom is -0.506 e. The highest BCUT2D eigenvalue weighted by atomic mass is 35.5. The summed E-state index contributed by atoms with van der Waals surface area (Å²) in [4.78, 5) is 26.8. The van der Waals surface area contributed by atoms with Crippen LogP contribution in [0.25, 0.3) is 32.9 Å². The maximum absolute atomic E-state index is 16.3. The number of aromatic nitrogens is 3. The van der Waals surface area contributed by atoms with Gasteiger partial charge in [-0.1, -0.05) is 35.3 Å². The quantitative estimate of drug-likeness (QED) is 0.168. The predicted octanol–water partition coefficient (Wildman–Crippen LogP) is 8.82. The molecule has 8 nitrogen and oxygen atoms in total. The summed E-state index contributed by atoms with van der Waals surface area (Å²) in [7, 11) is 0. The largest absolute Gasteiger partial charge is 0.506 e. The highest BCUT2D eigenvalue weighted by molar-refractivity contribution is 6.43. The number of fused-ring (bicyclic) bond motifs is 4. The molecule has 2 saturated carbocycles. The number of pyridine rings is 2. The average Bonchev–Trinajstić information content (AvgIpc) is 3.50. The Hall–Kier alpha value is -4.23. The van der Waals surface area contributed by atoms with Crippen molar-refractivity contribution >= 4 is 50.9 Å². The summed E-state index contributed by atoms with van der Waals surface area (Å²) < 4.78 is 16.3. The maximum atomic E-state index is 16.3. The molecule has 1 amide bonds. The third-order valence-electron chi connectivity index (χ3n) is 10.2. The van der Waals surface area contributed by atoms with Gasteiger partial charge in [-0.05, 0) is 100 Å². The summed E-state index contributed by atoms with van der Waals surface area (Å²) in [5.74, 6) is 1.22. The molecule has 6 heterocycles. The zero-order valence-electron chi connectivity index (χ0n) is 27.9. The van der Waals surface area contributed by atoms with Gasteiger partial charge >= 0.3 is 0 Å². The molecule has 1 unspecified atom stereocenters. The van der Waals surface area contributed by atoms with E-state index in [-0.39, 0.29) is 40.6 Å². The van der Waals surface area contributed by atoms with Crippen molar-refractivity contribution in [1.82, 2.24) is 25.2 Å². The lowest BCUT2D eigenvalue weighted by molar-refractivity contribution is -0.133. The lowest BCUT2D eigenvalue weighted by Crippen LogP contribution is -2.31. The van der Waals surface area contributed by atoms with Gasteiger partial charge in [0, 0.05) is 64.4 Å². The number of carbonyl (C=O) groups is 1. The van der Waals surface area contributed by atoms with Crippen LogP contribution < -0.4 is 5.32 Å². The molecule has 50 heavy (non-hydrogen) atoms. The van der Waals surface area contributed by atoms with Crippen molar-refractivity contribution in [1.29, 1.82) is 5.26 Å². The summed E-state index contributed by atoms with van der Waals surface area (Å²) in [5, 5.41) is 23.4. The molecule has 2 aromatic carbocycles. The molecular formula is C39H39Cl2FN6O2. The van der Waals surface area contributed by atoms with E-state index in [2.05, 4.69) is 32.4 Å². The summed E-state index contributed by atoms with van der Waals surface area (Å²) in [5.41, 5.74) is 4.17. The number of benzene rings is 2. The molecule has 0 radical (unpaired) electrons. The highest BCUT2D eigenvalue weighted by Gasteiger charge is 2.39. The van der Waals surface area contributed by atoms with Gasteiger partial charge in [0.2, 0.25) is 5.91 Å². The first-order valence-corrected chi connectivity index (χ1v) is 18.1. The van der Waals surface area contributed by atoms with Gasteiger partial charge in [-0.15, -0.1) is 0 Å². The van der Waals surface area contributed by atoms with Crippen LogP contribution in [0.3, 0.4) is 0 Å². The van der Waals surface area contributed by atoms with Crippen LogP contribution in [0, 0.1) is 35.9 Å². The Balaban J connectivity index is 0.000000249. The number of nitrogens with zero attached hydrogens (tertiary/aromatic N) is 4. The van der Waals surface area contributed by atoms with Crippen molar-refractivity contribution in [2.45, 2.75) is 70.4 Å². The normalized spacial score (nSPS) is 20.5. The van der Waals surface area contributed by atoms with Gasteiger partial charge < -0.3 is 20.3 Å². The molecule has 11 heteroatoms. The second kappa shape index (κ2) is 14.6. The Bertz CT molecular complexity index is 2070. The van der Waals surface area contributed by atoms with Crippen LogP contribution >= 0.6 is 23.2 Å². The van der Waals surface area contributed by atoms with E-state index in [1.807, 2.05) is 17.9 Å². The van der Waals surface area contributed by atoms with Crippen LogP contribution in [0.5, 0.6) is 5.75 Å². The van der Waals surface area contributed by atoms with Crippen LogP contribution in [0.4, 0.5) is 4.39 Å². The molecule has 2 bridgehead atoms. The molecule has 5 fully saturated rings. The smallest absolute Gasteiger partial charge is 0.226 e. The number of hydrogen-bond donors (Lipinski definition) is 3. The predicted molar refractivity (Wildman–Crippen MR) is 195 cm³/mol. The lowest BCUT2D eigenvalue weighted by Gasteiger charge is -2.24. The van der Waals surface area contributed by atoms with Crippen LogP contribution in [-0.4, -0.2) is 50.0 Å². The van der Waals surface area contributed by atoms with Gasteiger partial charge in [0.25, 0.3) is 0 Å². The number of aromatic amines is 1. The zero-order valence-corrected chi connectivity index (χ0v) is 29.4. The van der Waals surface area contributed by atoms with Crippen LogP contribution in [0.15, 0.2) is 54.9 Å². The number of nitrogens with one attached hydrogen (secondary N) is 2. The molecular weight excluding hydrogens is 674 g/mol. The van der Waals surface area contributed by atoms with Gasteiger partial charge in [0.15, 0.2) is 5.82 Å². The molecule has 2 aliphatic carbocycles. The number of aromatic hydroxyl groups is 1. The number of likely N-dealkylation sites (tertiary alicyclic amines) is 1. The Kier molecular flexibility index (Phi) is 9.96. The van der Waals surface area contributed by atoms with Crippen LogP contribution in [-0.2, 0) is 11.2 Å². The third kappa shape index (κ3) is 6.89. The number of amides is 1. The summed E-state index contributed by atoms with van der Waals surface area (Å²) >= 11 is 12.8. The Morgan fingerprint density at radius 1 is 1.14 bits per heavy atom. The summed E-state index contributed by atoms with van der Waals surface area (Å²) in [6.45, 7) is 3.95. The zero-order chi connectivity index (χ0) is 34.9. The van der Waals surface area contributed by atoms with Crippen LogP contribution in [0.1, 0.15) is 67.9 Å². The van der Waals surface area contributed by atoms with E-state index < -0.39 is 5.82 Å². The minimum absolute atomic E-state index is 0.0117. The molecule has 10 rings (SSSR count). The fourth-order valence-electron chi connectivity index (χ4n) is 7.42. The van der Waals surface area contributed by atoms with E-state index in [0.29, 0.717) is 39.2 Å². The molecule has 5 aliphatic rings. The van der Waals surface area contributed by atoms with Crippen molar-refractivity contribution in [2.75, 3.05) is 13.1 Å². The SMILES string of the molecule is C1NC2CC1C2.Cc1nc2c(F)c(-c3cccc(Cl)c3Cl)c(CCC#N)cc2c2[nH]c(C3CCCN3C(=O)C3CC3)cc12.Oc1cccnc1. The van der Waals surface area contributed by atoms with E-state index >= 15 is 4.39 Å². The van der Waals surface area contributed by atoms with E-state index in [1.165, 1.54) is 25.6 Å². The molecule has 3 N–H and O–H groups in total. The Morgan fingerprint density at radius 3 is 2.58 bits per heavy atom.